The summed E-state index contributed by atoms with van der Waals surface area (Å²) in [6.45, 7) is 2.45. The number of alkyl carbamates (subject to hydrolysis) is 1. The van der Waals surface area contributed by atoms with Crippen LogP contribution < -0.4 is 5.32 Å². The maximum atomic E-state index is 13.0. The second-order valence-electron chi connectivity index (χ2n) is 4.74. The van der Waals surface area contributed by atoms with E-state index in [0.29, 0.717) is 31.4 Å². The number of amides is 1. The summed E-state index contributed by atoms with van der Waals surface area (Å²) in [5.74, 6) is -0.309. The van der Waals surface area contributed by atoms with E-state index in [9.17, 15) is 13.6 Å². The number of carbonyl (C=O) groups excluding carboxylic acids is 1. The van der Waals surface area contributed by atoms with E-state index in [1.54, 1.807) is 12.1 Å². The van der Waals surface area contributed by atoms with Crippen LogP contribution >= 0.6 is 0 Å². The standard InChI is InChI=1S/C16H21F2NO2/c1-2-3-9-21-16(20)19-12-14(11-17)8-7-13-5-4-6-15(18)10-13/h4-6,10-11H,2-3,7-9,12H2,1H3,(H,19,20). The summed E-state index contributed by atoms with van der Waals surface area (Å²) >= 11 is 0. The number of nitrogens with one attached hydrogen (secondary N) is 1. The largest absolute Gasteiger partial charge is 0.450 e. The van der Waals surface area contributed by atoms with Crippen LogP contribution in [-0.2, 0) is 11.2 Å². The van der Waals surface area contributed by atoms with E-state index >= 15 is 0 Å². The number of hydrogen-bond acceptors (Lipinski definition) is 2. The van der Waals surface area contributed by atoms with Crippen LogP contribution in [0.15, 0.2) is 36.2 Å². The molecule has 5 heteroatoms. The second-order valence-corrected chi connectivity index (χ2v) is 4.74. The lowest BCUT2D eigenvalue weighted by Crippen LogP contribution is -2.26. The van der Waals surface area contributed by atoms with E-state index in [2.05, 4.69) is 5.32 Å². The molecule has 0 saturated heterocycles. The van der Waals surface area contributed by atoms with Crippen molar-refractivity contribution in [3.8, 4) is 0 Å². The molecule has 0 aliphatic heterocycles. The van der Waals surface area contributed by atoms with Crippen molar-refractivity contribution in [2.24, 2.45) is 0 Å². The molecular weight excluding hydrogens is 276 g/mol. The van der Waals surface area contributed by atoms with Gasteiger partial charge < -0.3 is 10.1 Å². The van der Waals surface area contributed by atoms with Crippen molar-refractivity contribution in [2.75, 3.05) is 13.2 Å². The van der Waals surface area contributed by atoms with Gasteiger partial charge in [0.2, 0.25) is 0 Å². The smallest absolute Gasteiger partial charge is 0.407 e. The summed E-state index contributed by atoms with van der Waals surface area (Å²) in [6, 6.07) is 6.18. The van der Waals surface area contributed by atoms with E-state index in [0.717, 1.165) is 18.4 Å². The predicted molar refractivity (Wildman–Crippen MR) is 78.2 cm³/mol. The van der Waals surface area contributed by atoms with Crippen LogP contribution in [0.3, 0.4) is 0 Å². The lowest BCUT2D eigenvalue weighted by atomic mass is 10.1. The maximum absolute atomic E-state index is 13.0. The van der Waals surface area contributed by atoms with Gasteiger partial charge >= 0.3 is 6.09 Å². The Hall–Kier alpha value is -1.91. The highest BCUT2D eigenvalue weighted by atomic mass is 19.1. The third-order valence-electron chi connectivity index (χ3n) is 2.97. The zero-order valence-corrected chi connectivity index (χ0v) is 12.2. The first-order valence-electron chi connectivity index (χ1n) is 7.09. The Morgan fingerprint density at radius 1 is 1.43 bits per heavy atom. The molecule has 1 rings (SSSR count). The SMILES string of the molecule is CCCCOC(=O)NCC(=CF)CCc1cccc(F)c1. The molecule has 3 nitrogen and oxygen atoms in total. The monoisotopic (exact) mass is 297 g/mol. The number of rotatable bonds is 8. The Bertz CT molecular complexity index is 475. The van der Waals surface area contributed by atoms with Crippen molar-refractivity contribution in [3.63, 3.8) is 0 Å². The van der Waals surface area contributed by atoms with Gasteiger partial charge in [-0.15, -0.1) is 0 Å². The van der Waals surface area contributed by atoms with Crippen molar-refractivity contribution < 1.29 is 18.3 Å². The van der Waals surface area contributed by atoms with Gasteiger partial charge in [-0.3, -0.25) is 0 Å². The molecule has 1 aromatic rings. The van der Waals surface area contributed by atoms with Gasteiger partial charge in [0.05, 0.1) is 12.9 Å². The molecule has 0 atom stereocenters. The fourth-order valence-corrected chi connectivity index (χ4v) is 1.72. The number of ether oxygens (including phenoxy) is 1. The topological polar surface area (TPSA) is 38.3 Å². The highest BCUT2D eigenvalue weighted by Gasteiger charge is 2.05. The Labute approximate surface area is 124 Å². The van der Waals surface area contributed by atoms with Crippen molar-refractivity contribution in [2.45, 2.75) is 32.6 Å². The number of halogens is 2. The third-order valence-corrected chi connectivity index (χ3v) is 2.97. The average molecular weight is 297 g/mol. The summed E-state index contributed by atoms with van der Waals surface area (Å²) in [5, 5.41) is 2.50. The zero-order valence-electron chi connectivity index (χ0n) is 12.2. The molecule has 0 aliphatic rings. The molecule has 0 spiro atoms. The Morgan fingerprint density at radius 2 is 2.24 bits per heavy atom. The predicted octanol–water partition coefficient (Wildman–Crippen LogP) is 4.14. The van der Waals surface area contributed by atoms with Gasteiger partial charge in [0.1, 0.15) is 5.82 Å². The van der Waals surface area contributed by atoms with E-state index in [1.165, 1.54) is 12.1 Å². The van der Waals surface area contributed by atoms with E-state index < -0.39 is 6.09 Å². The molecule has 0 bridgehead atoms. The van der Waals surface area contributed by atoms with Gasteiger partial charge in [-0.05, 0) is 42.5 Å². The normalized spacial score (nSPS) is 11.3. The van der Waals surface area contributed by atoms with Crippen molar-refractivity contribution in [1.29, 1.82) is 0 Å². The third kappa shape index (κ3) is 7.44. The zero-order chi connectivity index (χ0) is 15.5. The van der Waals surface area contributed by atoms with Crippen LogP contribution in [0.2, 0.25) is 0 Å². The van der Waals surface area contributed by atoms with E-state index in [-0.39, 0.29) is 12.4 Å². The maximum Gasteiger partial charge on any atom is 0.407 e. The van der Waals surface area contributed by atoms with Crippen LogP contribution in [0.1, 0.15) is 31.7 Å². The lowest BCUT2D eigenvalue weighted by molar-refractivity contribution is 0.145. The van der Waals surface area contributed by atoms with E-state index in [4.69, 9.17) is 4.74 Å². The van der Waals surface area contributed by atoms with Crippen LogP contribution in [-0.4, -0.2) is 19.2 Å². The van der Waals surface area contributed by atoms with Crippen LogP contribution in [0.25, 0.3) is 0 Å². The van der Waals surface area contributed by atoms with Crippen LogP contribution in [0, 0.1) is 5.82 Å². The molecular formula is C16H21F2NO2. The molecule has 0 heterocycles. The molecule has 0 unspecified atom stereocenters. The Balaban J connectivity index is 2.30. The van der Waals surface area contributed by atoms with Crippen molar-refractivity contribution in [3.05, 3.63) is 47.5 Å². The van der Waals surface area contributed by atoms with Gasteiger partial charge in [-0.1, -0.05) is 25.5 Å². The summed E-state index contributed by atoms with van der Waals surface area (Å²) in [5.41, 5.74) is 1.23. The molecule has 0 aliphatic carbocycles. The first-order chi connectivity index (χ1) is 10.2. The summed E-state index contributed by atoms with van der Waals surface area (Å²) in [4.78, 5) is 11.3. The summed E-state index contributed by atoms with van der Waals surface area (Å²) in [6.07, 6.45) is 2.60. The summed E-state index contributed by atoms with van der Waals surface area (Å²) in [7, 11) is 0. The highest BCUT2D eigenvalue weighted by molar-refractivity contribution is 5.67. The minimum absolute atomic E-state index is 0.0940. The molecule has 116 valence electrons. The van der Waals surface area contributed by atoms with Gasteiger partial charge in [-0.2, -0.15) is 0 Å². The van der Waals surface area contributed by atoms with Crippen LogP contribution in [0.5, 0.6) is 0 Å². The number of benzene rings is 1. The highest BCUT2D eigenvalue weighted by Crippen LogP contribution is 2.10. The van der Waals surface area contributed by atoms with Crippen LogP contribution in [0.4, 0.5) is 13.6 Å². The number of aryl methyl sites for hydroxylation is 1. The van der Waals surface area contributed by atoms with E-state index in [1.807, 2.05) is 6.92 Å². The molecule has 0 saturated carbocycles. The fraction of sp³-hybridized carbons (Fsp3) is 0.438. The lowest BCUT2D eigenvalue weighted by Gasteiger charge is -2.09. The van der Waals surface area contributed by atoms with Gasteiger partial charge in [0, 0.05) is 6.54 Å². The Kier molecular flexibility index (Phi) is 8.09. The van der Waals surface area contributed by atoms with Gasteiger partial charge in [-0.25, -0.2) is 13.6 Å². The first-order valence-corrected chi connectivity index (χ1v) is 7.09. The molecule has 0 aromatic heterocycles. The number of carbonyl (C=O) groups is 1. The number of unbranched alkanes of at least 4 members (excludes halogenated alkanes) is 1. The minimum atomic E-state index is -0.548. The molecule has 1 amide bonds. The average Bonchev–Trinajstić information content (AvgIpc) is 2.48. The summed E-state index contributed by atoms with van der Waals surface area (Å²) < 4.78 is 30.7. The minimum Gasteiger partial charge on any atom is -0.450 e. The van der Waals surface area contributed by atoms with Gasteiger partial charge in [0.15, 0.2) is 0 Å². The first kappa shape index (κ1) is 17.1. The molecule has 1 aromatic carbocycles. The molecule has 0 fully saturated rings. The molecule has 21 heavy (non-hydrogen) atoms. The fourth-order valence-electron chi connectivity index (χ4n) is 1.72. The quantitative estimate of drug-likeness (QED) is 0.732. The molecule has 1 N–H and O–H groups in total. The van der Waals surface area contributed by atoms with Crippen molar-refractivity contribution in [1.82, 2.24) is 5.32 Å². The second kappa shape index (κ2) is 9.91. The Morgan fingerprint density at radius 3 is 2.90 bits per heavy atom. The number of hydrogen-bond donors (Lipinski definition) is 1. The van der Waals surface area contributed by atoms with Gasteiger partial charge in [0.25, 0.3) is 0 Å². The molecule has 0 radical (unpaired) electrons. The van der Waals surface area contributed by atoms with Crippen molar-refractivity contribution >= 4 is 6.09 Å².